The van der Waals surface area contributed by atoms with E-state index in [0.717, 1.165) is 0 Å². The lowest BCUT2D eigenvalue weighted by Crippen LogP contribution is -2.26. The van der Waals surface area contributed by atoms with Crippen molar-refractivity contribution >= 4 is 45.8 Å². The van der Waals surface area contributed by atoms with Crippen molar-refractivity contribution in [1.29, 1.82) is 0 Å². The molecule has 0 unspecified atom stereocenters. The number of ether oxygens (including phenoxy) is 3. The van der Waals surface area contributed by atoms with Crippen LogP contribution in [0.2, 0.25) is 10.0 Å². The molecule has 37 heavy (non-hydrogen) atoms. The predicted octanol–water partition coefficient (Wildman–Crippen LogP) is 3.50. The Hall–Kier alpha value is -3.99. The van der Waals surface area contributed by atoms with Gasteiger partial charge >= 0.3 is 0 Å². The summed E-state index contributed by atoms with van der Waals surface area (Å²) >= 11 is 12.7. The van der Waals surface area contributed by atoms with Crippen LogP contribution < -0.4 is 30.5 Å². The van der Waals surface area contributed by atoms with E-state index in [2.05, 4.69) is 10.3 Å². The quantitative estimate of drug-likeness (QED) is 0.362. The molecule has 0 radical (unpaired) electrons. The highest BCUT2D eigenvalue weighted by molar-refractivity contribution is 6.36. The number of benzene rings is 2. The molecule has 0 aliphatic heterocycles. The van der Waals surface area contributed by atoms with Crippen molar-refractivity contribution in [3.05, 3.63) is 90.4 Å². The fraction of sp³-hybridized carbons (Fsp3) is 0.160. The third kappa shape index (κ3) is 5.41. The lowest BCUT2D eigenvalue weighted by atomic mass is 10.1. The van der Waals surface area contributed by atoms with Gasteiger partial charge in [-0.25, -0.2) is 0 Å². The third-order valence-corrected chi connectivity index (χ3v) is 6.23. The Kier molecular flexibility index (Phi) is 8.49. The number of nitrogens with zero attached hydrogens (tertiary/aromatic N) is 1. The zero-order valence-electron chi connectivity index (χ0n) is 20.0. The molecule has 0 spiro atoms. The first-order chi connectivity index (χ1) is 17.3. The van der Waals surface area contributed by atoms with Crippen LogP contribution in [0.25, 0.3) is 11.0 Å². The Morgan fingerprint density at radius 3 is 2.16 bits per heavy atom. The number of hydrogen-bond acceptors (Lipinski definition) is 6. The van der Waals surface area contributed by atoms with Crippen LogP contribution in [0.15, 0.2) is 58.3 Å². The molecule has 0 aliphatic carbocycles. The van der Waals surface area contributed by atoms with Crippen LogP contribution in [0.5, 0.6) is 17.2 Å². The molecule has 0 saturated heterocycles. The summed E-state index contributed by atoms with van der Waals surface area (Å²) in [6.07, 6.45) is 1.40. The van der Waals surface area contributed by atoms with Crippen LogP contribution in [0.4, 0.5) is 5.69 Å². The van der Waals surface area contributed by atoms with E-state index in [1.165, 1.54) is 51.8 Å². The molecule has 2 heterocycles. The standard InChI is InChI=1S/C25H21Cl2N3O6.H2O/c1-34-19-9-13(10-20(35-2)24(19)36-3)28-25(33)15-12-30(11-14-16(26)5-4-6-17(14)27)18-7-8-21(31)29-22(18)23(15)32;/h4-10,12H,11H2,1-3H3,(H,28,33)(H,29,31);1H2. The minimum absolute atomic E-state index is 0. The molecular formula is C25H23Cl2N3O7. The van der Waals surface area contributed by atoms with Gasteiger partial charge in [0, 0.05) is 45.7 Å². The van der Waals surface area contributed by atoms with E-state index in [1.54, 1.807) is 22.8 Å². The first-order valence-corrected chi connectivity index (χ1v) is 11.3. The maximum Gasteiger partial charge on any atom is 0.261 e. The third-order valence-electron chi connectivity index (χ3n) is 5.52. The van der Waals surface area contributed by atoms with Gasteiger partial charge in [0.2, 0.25) is 16.7 Å². The maximum atomic E-state index is 13.3. The average molecular weight is 548 g/mol. The van der Waals surface area contributed by atoms with Crippen LogP contribution in [0.3, 0.4) is 0 Å². The van der Waals surface area contributed by atoms with Gasteiger partial charge in [0.15, 0.2) is 11.5 Å². The van der Waals surface area contributed by atoms with Gasteiger partial charge in [0.25, 0.3) is 5.91 Å². The molecule has 2 aromatic carbocycles. The summed E-state index contributed by atoms with van der Waals surface area (Å²) in [6.45, 7) is 0.145. The van der Waals surface area contributed by atoms with E-state index >= 15 is 0 Å². The Morgan fingerprint density at radius 1 is 0.973 bits per heavy atom. The van der Waals surface area contributed by atoms with E-state index in [1.807, 2.05) is 0 Å². The van der Waals surface area contributed by atoms with Crippen molar-refractivity contribution in [2.45, 2.75) is 6.54 Å². The molecule has 4 rings (SSSR count). The second-order valence-electron chi connectivity index (χ2n) is 7.65. The maximum absolute atomic E-state index is 13.3. The minimum atomic E-state index is -0.708. The molecule has 4 N–H and O–H groups in total. The molecule has 4 aromatic rings. The Morgan fingerprint density at radius 2 is 1.59 bits per heavy atom. The van der Waals surface area contributed by atoms with Crippen LogP contribution in [0.1, 0.15) is 15.9 Å². The lowest BCUT2D eigenvalue weighted by molar-refractivity contribution is 0.102. The highest BCUT2D eigenvalue weighted by Gasteiger charge is 2.20. The van der Waals surface area contributed by atoms with Crippen LogP contribution in [-0.2, 0) is 6.54 Å². The minimum Gasteiger partial charge on any atom is -0.493 e. The highest BCUT2D eigenvalue weighted by atomic mass is 35.5. The van der Waals surface area contributed by atoms with Gasteiger partial charge in [-0.1, -0.05) is 29.3 Å². The number of amides is 1. The van der Waals surface area contributed by atoms with Gasteiger partial charge in [-0.05, 0) is 18.2 Å². The first kappa shape index (κ1) is 27.6. The fourth-order valence-electron chi connectivity index (χ4n) is 3.80. The molecule has 1 amide bonds. The van der Waals surface area contributed by atoms with Gasteiger partial charge in [-0.3, -0.25) is 14.4 Å². The number of carbonyl (C=O) groups is 1. The molecule has 0 atom stereocenters. The number of pyridine rings is 2. The van der Waals surface area contributed by atoms with Crippen molar-refractivity contribution in [3.8, 4) is 17.2 Å². The number of H-pyrrole nitrogens is 1. The van der Waals surface area contributed by atoms with Crippen LogP contribution >= 0.6 is 23.2 Å². The van der Waals surface area contributed by atoms with Gasteiger partial charge < -0.3 is 34.6 Å². The van der Waals surface area contributed by atoms with Crippen molar-refractivity contribution in [2.75, 3.05) is 26.6 Å². The fourth-order valence-corrected chi connectivity index (χ4v) is 4.31. The van der Waals surface area contributed by atoms with Crippen LogP contribution in [-0.4, -0.2) is 42.3 Å². The molecule has 0 bridgehead atoms. The van der Waals surface area contributed by atoms with Crippen LogP contribution in [0, 0.1) is 0 Å². The molecular weight excluding hydrogens is 525 g/mol. The second kappa shape index (κ2) is 11.4. The lowest BCUT2D eigenvalue weighted by Gasteiger charge is -2.16. The molecule has 0 aliphatic rings. The van der Waals surface area contributed by atoms with Crippen molar-refractivity contribution in [2.24, 2.45) is 0 Å². The summed E-state index contributed by atoms with van der Waals surface area (Å²) in [6, 6.07) is 10.9. The zero-order chi connectivity index (χ0) is 26.0. The molecule has 12 heteroatoms. The Labute approximate surface area is 220 Å². The van der Waals surface area contributed by atoms with E-state index in [0.29, 0.717) is 44.1 Å². The number of methoxy groups -OCH3 is 3. The van der Waals surface area contributed by atoms with E-state index in [9.17, 15) is 14.4 Å². The number of nitrogens with one attached hydrogen (secondary N) is 2. The average Bonchev–Trinajstić information content (AvgIpc) is 2.86. The summed E-state index contributed by atoms with van der Waals surface area (Å²) < 4.78 is 17.6. The number of hydrogen-bond donors (Lipinski definition) is 2. The first-order valence-electron chi connectivity index (χ1n) is 10.6. The smallest absolute Gasteiger partial charge is 0.261 e. The highest BCUT2D eigenvalue weighted by Crippen LogP contribution is 2.40. The van der Waals surface area contributed by atoms with Gasteiger partial charge in [-0.15, -0.1) is 0 Å². The number of aromatic nitrogens is 2. The SMILES string of the molecule is COc1cc(NC(=O)c2cn(Cc3c(Cl)cccc3Cl)c3ccc(=O)[nH]c3c2=O)cc(OC)c1OC.O. The second-order valence-corrected chi connectivity index (χ2v) is 8.47. The Bertz CT molecular complexity index is 1550. The summed E-state index contributed by atoms with van der Waals surface area (Å²) in [5, 5.41) is 3.52. The number of rotatable bonds is 7. The van der Waals surface area contributed by atoms with Crippen molar-refractivity contribution < 1.29 is 24.5 Å². The van der Waals surface area contributed by atoms with Gasteiger partial charge in [0.05, 0.1) is 33.4 Å². The predicted molar refractivity (Wildman–Crippen MR) is 142 cm³/mol. The van der Waals surface area contributed by atoms with Crippen molar-refractivity contribution in [1.82, 2.24) is 9.55 Å². The molecule has 10 nitrogen and oxygen atoms in total. The summed E-state index contributed by atoms with van der Waals surface area (Å²) in [4.78, 5) is 41.0. The topological polar surface area (TPSA) is 143 Å². The Balaban J connectivity index is 0.00000380. The molecule has 194 valence electrons. The largest absolute Gasteiger partial charge is 0.493 e. The number of anilines is 1. The zero-order valence-corrected chi connectivity index (χ0v) is 21.5. The monoisotopic (exact) mass is 547 g/mol. The molecule has 0 fully saturated rings. The van der Waals surface area contributed by atoms with Gasteiger partial charge in [-0.2, -0.15) is 0 Å². The number of fused-ring (bicyclic) bond motifs is 1. The summed E-state index contributed by atoms with van der Waals surface area (Å²) in [5.41, 5.74) is -0.0631. The summed E-state index contributed by atoms with van der Waals surface area (Å²) in [5.74, 6) is 0.279. The number of halogens is 2. The number of carbonyl (C=O) groups excluding carboxylic acids is 1. The summed E-state index contributed by atoms with van der Waals surface area (Å²) in [7, 11) is 4.35. The van der Waals surface area contributed by atoms with Gasteiger partial charge in [0.1, 0.15) is 11.1 Å². The van der Waals surface area contributed by atoms with E-state index in [-0.39, 0.29) is 23.1 Å². The molecule has 2 aromatic heterocycles. The molecule has 0 saturated carbocycles. The van der Waals surface area contributed by atoms with E-state index < -0.39 is 16.9 Å². The van der Waals surface area contributed by atoms with Crippen molar-refractivity contribution in [3.63, 3.8) is 0 Å². The van der Waals surface area contributed by atoms with E-state index in [4.69, 9.17) is 37.4 Å². The normalized spacial score (nSPS) is 10.5. The number of aromatic amines is 1.